The van der Waals surface area contributed by atoms with E-state index in [9.17, 15) is 14.9 Å². The Balaban J connectivity index is 2.46. The van der Waals surface area contributed by atoms with Crippen LogP contribution in [0.25, 0.3) is 6.08 Å². The van der Waals surface area contributed by atoms with Crippen molar-refractivity contribution in [2.24, 2.45) is 0 Å². The Kier molecular flexibility index (Phi) is 4.89. The minimum Gasteiger partial charge on any atom is -0.401 e. The summed E-state index contributed by atoms with van der Waals surface area (Å²) < 4.78 is 9.58. The number of nitrogens with one attached hydrogen (secondary N) is 1. The summed E-state index contributed by atoms with van der Waals surface area (Å²) in [6, 6.07) is 2.64. The SMILES string of the molecule is COCCNC(=O)/C=C/c1ccc([N+](=O)[O-])o1. The first-order valence-electron chi connectivity index (χ1n) is 4.82. The molecular formula is C10H12N2O5. The molecule has 1 rings (SSSR count). The van der Waals surface area contributed by atoms with Crippen LogP contribution in [0.5, 0.6) is 0 Å². The average molecular weight is 240 g/mol. The molecule has 0 fully saturated rings. The van der Waals surface area contributed by atoms with E-state index in [2.05, 4.69) is 5.32 Å². The molecule has 17 heavy (non-hydrogen) atoms. The highest BCUT2D eigenvalue weighted by Crippen LogP contribution is 2.16. The lowest BCUT2D eigenvalue weighted by atomic mass is 10.4. The molecule has 0 bridgehead atoms. The van der Waals surface area contributed by atoms with E-state index in [-0.39, 0.29) is 17.6 Å². The first-order chi connectivity index (χ1) is 8.13. The molecule has 0 aliphatic carbocycles. The molecular weight excluding hydrogens is 228 g/mol. The number of furan rings is 1. The van der Waals surface area contributed by atoms with Gasteiger partial charge in [0.15, 0.2) is 0 Å². The van der Waals surface area contributed by atoms with Gasteiger partial charge in [0.25, 0.3) is 0 Å². The fraction of sp³-hybridized carbons (Fsp3) is 0.300. The molecule has 1 amide bonds. The number of nitrogens with zero attached hydrogens (tertiary/aromatic N) is 1. The number of hydrogen-bond donors (Lipinski definition) is 1. The lowest BCUT2D eigenvalue weighted by molar-refractivity contribution is -0.402. The van der Waals surface area contributed by atoms with E-state index in [1.165, 1.54) is 31.4 Å². The highest BCUT2D eigenvalue weighted by molar-refractivity contribution is 5.91. The Morgan fingerprint density at radius 2 is 2.41 bits per heavy atom. The van der Waals surface area contributed by atoms with E-state index in [1.54, 1.807) is 0 Å². The van der Waals surface area contributed by atoms with Crippen LogP contribution < -0.4 is 5.32 Å². The molecule has 0 spiro atoms. The van der Waals surface area contributed by atoms with E-state index in [0.717, 1.165) is 0 Å². The number of hydrogen-bond acceptors (Lipinski definition) is 5. The summed E-state index contributed by atoms with van der Waals surface area (Å²) in [6.07, 6.45) is 2.59. The Morgan fingerprint density at radius 1 is 1.65 bits per heavy atom. The van der Waals surface area contributed by atoms with Gasteiger partial charge in [-0.05, 0) is 12.1 Å². The summed E-state index contributed by atoms with van der Waals surface area (Å²) >= 11 is 0. The molecule has 7 heteroatoms. The molecule has 7 nitrogen and oxygen atoms in total. The number of rotatable bonds is 6. The van der Waals surface area contributed by atoms with E-state index < -0.39 is 4.92 Å². The van der Waals surface area contributed by atoms with Gasteiger partial charge in [-0.25, -0.2) is 0 Å². The molecule has 1 aromatic rings. The predicted molar refractivity (Wildman–Crippen MR) is 59.3 cm³/mol. The third-order valence-corrected chi connectivity index (χ3v) is 1.80. The minimum atomic E-state index is -0.643. The van der Waals surface area contributed by atoms with Crippen LogP contribution >= 0.6 is 0 Å². The van der Waals surface area contributed by atoms with Crippen molar-refractivity contribution in [1.82, 2.24) is 5.32 Å². The van der Waals surface area contributed by atoms with Crippen molar-refractivity contribution in [1.29, 1.82) is 0 Å². The number of amides is 1. The summed E-state index contributed by atoms with van der Waals surface area (Å²) in [6.45, 7) is 0.823. The van der Waals surface area contributed by atoms with Crippen LogP contribution in [0.4, 0.5) is 5.88 Å². The van der Waals surface area contributed by atoms with E-state index in [0.29, 0.717) is 13.2 Å². The van der Waals surface area contributed by atoms with Crippen molar-refractivity contribution < 1.29 is 18.9 Å². The lowest BCUT2D eigenvalue weighted by Gasteiger charge is -1.99. The summed E-state index contributed by atoms with van der Waals surface area (Å²) in [5, 5.41) is 12.9. The van der Waals surface area contributed by atoms with E-state index >= 15 is 0 Å². The average Bonchev–Trinajstić information content (AvgIpc) is 2.75. The third kappa shape index (κ3) is 4.47. The zero-order chi connectivity index (χ0) is 12.7. The normalized spacial score (nSPS) is 10.6. The van der Waals surface area contributed by atoms with Crippen molar-refractivity contribution in [2.45, 2.75) is 0 Å². The third-order valence-electron chi connectivity index (χ3n) is 1.80. The number of methoxy groups -OCH3 is 1. The standard InChI is InChI=1S/C10H12N2O5/c1-16-7-6-11-9(13)4-2-8-3-5-10(17-8)12(14)15/h2-5H,6-7H2,1H3,(H,11,13)/b4-2+. The van der Waals surface area contributed by atoms with Gasteiger partial charge in [0, 0.05) is 19.7 Å². The Morgan fingerprint density at radius 3 is 3.00 bits per heavy atom. The van der Waals surface area contributed by atoms with Crippen LogP contribution in [0.15, 0.2) is 22.6 Å². The van der Waals surface area contributed by atoms with Gasteiger partial charge >= 0.3 is 5.88 Å². The first kappa shape index (κ1) is 12.9. The van der Waals surface area contributed by atoms with Crippen LogP contribution in [-0.4, -0.2) is 31.1 Å². The molecule has 0 saturated heterocycles. The molecule has 0 saturated carbocycles. The van der Waals surface area contributed by atoms with Crippen LogP contribution in [-0.2, 0) is 9.53 Å². The molecule has 92 valence electrons. The summed E-state index contributed by atoms with van der Waals surface area (Å²) in [7, 11) is 1.53. The molecule has 0 atom stereocenters. The zero-order valence-electron chi connectivity index (χ0n) is 9.21. The lowest BCUT2D eigenvalue weighted by Crippen LogP contribution is -2.24. The van der Waals surface area contributed by atoms with Crippen LogP contribution in [0.3, 0.4) is 0 Å². The molecule has 1 N–H and O–H groups in total. The van der Waals surface area contributed by atoms with Gasteiger partial charge in [-0.3, -0.25) is 14.9 Å². The van der Waals surface area contributed by atoms with Crippen LogP contribution in [0.2, 0.25) is 0 Å². The molecule has 0 radical (unpaired) electrons. The van der Waals surface area contributed by atoms with Crippen molar-refractivity contribution in [3.63, 3.8) is 0 Å². The highest BCUT2D eigenvalue weighted by atomic mass is 16.6. The highest BCUT2D eigenvalue weighted by Gasteiger charge is 2.09. The smallest absolute Gasteiger partial charge is 0.401 e. The number of carbonyl (C=O) groups excluding carboxylic acids is 1. The first-order valence-corrected chi connectivity index (χ1v) is 4.82. The second-order valence-electron chi connectivity index (χ2n) is 3.05. The van der Waals surface area contributed by atoms with Gasteiger partial charge in [-0.2, -0.15) is 0 Å². The van der Waals surface area contributed by atoms with E-state index in [1.807, 2.05) is 0 Å². The van der Waals surface area contributed by atoms with Crippen molar-refractivity contribution in [3.05, 3.63) is 34.1 Å². The van der Waals surface area contributed by atoms with Gasteiger partial charge < -0.3 is 14.5 Å². The fourth-order valence-corrected chi connectivity index (χ4v) is 1.02. The topological polar surface area (TPSA) is 94.6 Å². The summed E-state index contributed by atoms with van der Waals surface area (Å²) in [5.74, 6) is -0.427. The van der Waals surface area contributed by atoms with E-state index in [4.69, 9.17) is 9.15 Å². The Labute approximate surface area is 97.2 Å². The maximum absolute atomic E-state index is 11.2. The maximum Gasteiger partial charge on any atom is 0.433 e. The fourth-order valence-electron chi connectivity index (χ4n) is 1.02. The second-order valence-corrected chi connectivity index (χ2v) is 3.05. The van der Waals surface area contributed by atoms with Crippen molar-refractivity contribution >= 4 is 17.9 Å². The molecule has 1 heterocycles. The molecule has 0 aliphatic heterocycles. The molecule has 0 aromatic carbocycles. The maximum atomic E-state index is 11.2. The number of ether oxygens (including phenoxy) is 1. The van der Waals surface area contributed by atoms with Crippen molar-refractivity contribution in [2.75, 3.05) is 20.3 Å². The molecule has 0 aliphatic rings. The monoisotopic (exact) mass is 240 g/mol. The minimum absolute atomic E-state index is 0.249. The summed E-state index contributed by atoms with van der Waals surface area (Å²) in [5.41, 5.74) is 0. The Hall–Kier alpha value is -2.15. The van der Waals surface area contributed by atoms with Crippen LogP contribution in [0.1, 0.15) is 5.76 Å². The number of nitro groups is 1. The van der Waals surface area contributed by atoms with Gasteiger partial charge in [0.1, 0.15) is 10.7 Å². The number of carbonyl (C=O) groups is 1. The zero-order valence-corrected chi connectivity index (χ0v) is 9.21. The quantitative estimate of drug-likeness (QED) is 0.346. The largest absolute Gasteiger partial charge is 0.433 e. The van der Waals surface area contributed by atoms with Gasteiger partial charge in [0.05, 0.1) is 12.7 Å². The molecule has 1 aromatic heterocycles. The van der Waals surface area contributed by atoms with Crippen molar-refractivity contribution in [3.8, 4) is 0 Å². The summed E-state index contributed by atoms with van der Waals surface area (Å²) in [4.78, 5) is 20.9. The van der Waals surface area contributed by atoms with Gasteiger partial charge in [0.2, 0.25) is 5.91 Å². The van der Waals surface area contributed by atoms with Crippen LogP contribution in [0, 0.1) is 10.1 Å². The van der Waals surface area contributed by atoms with Gasteiger partial charge in [-0.15, -0.1) is 0 Å². The molecule has 0 unspecified atom stereocenters. The second kappa shape index (κ2) is 6.44. The Bertz CT molecular complexity index is 424. The predicted octanol–water partition coefficient (Wildman–Crippen LogP) is 0.964. The van der Waals surface area contributed by atoms with Gasteiger partial charge in [-0.1, -0.05) is 0 Å².